The summed E-state index contributed by atoms with van der Waals surface area (Å²) < 4.78 is 1.75. The lowest BCUT2D eigenvalue weighted by Crippen LogP contribution is -2.34. The van der Waals surface area contributed by atoms with Crippen LogP contribution in [0.25, 0.3) is 6.20 Å². The second-order valence-corrected chi connectivity index (χ2v) is 5.08. The van der Waals surface area contributed by atoms with E-state index in [1.807, 2.05) is 12.4 Å². The van der Waals surface area contributed by atoms with Crippen LogP contribution in [0.4, 0.5) is 0 Å². The van der Waals surface area contributed by atoms with E-state index in [1.54, 1.807) is 10.9 Å². The van der Waals surface area contributed by atoms with E-state index in [0.717, 1.165) is 12.5 Å². The molecule has 1 aromatic rings. The van der Waals surface area contributed by atoms with Gasteiger partial charge >= 0.3 is 0 Å². The predicted octanol–water partition coefficient (Wildman–Crippen LogP) is 3.04. The van der Waals surface area contributed by atoms with Crippen molar-refractivity contribution in [1.29, 1.82) is 0 Å². The molecule has 1 aromatic heterocycles. The van der Waals surface area contributed by atoms with Crippen molar-refractivity contribution in [3.05, 3.63) is 24.5 Å². The molecule has 1 N–H and O–H groups in total. The molecule has 3 heteroatoms. The molecule has 1 unspecified atom stereocenters. The minimum Gasteiger partial charge on any atom is -0.310 e. The zero-order chi connectivity index (χ0) is 12.1. The van der Waals surface area contributed by atoms with E-state index in [1.165, 1.54) is 37.7 Å². The molecule has 94 valence electrons. The highest BCUT2D eigenvalue weighted by Crippen LogP contribution is 2.26. The summed E-state index contributed by atoms with van der Waals surface area (Å²) in [4.78, 5) is 0. The lowest BCUT2D eigenvalue weighted by Gasteiger charge is -2.28. The van der Waals surface area contributed by atoms with Crippen molar-refractivity contribution in [3.8, 4) is 0 Å². The van der Waals surface area contributed by atoms with Gasteiger partial charge in [-0.1, -0.05) is 25.8 Å². The summed E-state index contributed by atoms with van der Waals surface area (Å²) in [5.41, 5.74) is 1.23. The zero-order valence-electron chi connectivity index (χ0n) is 10.7. The van der Waals surface area contributed by atoms with Crippen molar-refractivity contribution >= 4 is 6.20 Å². The molecule has 2 rings (SSSR count). The molecular weight excluding hydrogens is 210 g/mol. The molecule has 1 heterocycles. The molecule has 0 saturated heterocycles. The first-order chi connectivity index (χ1) is 8.29. The molecule has 0 bridgehead atoms. The van der Waals surface area contributed by atoms with Crippen molar-refractivity contribution in [2.45, 2.75) is 51.6 Å². The summed E-state index contributed by atoms with van der Waals surface area (Å²) in [6, 6.07) is 0.613. The predicted molar refractivity (Wildman–Crippen MR) is 71.5 cm³/mol. The molecule has 1 saturated carbocycles. The minimum atomic E-state index is 0.613. The first-order valence-corrected chi connectivity index (χ1v) is 6.68. The topological polar surface area (TPSA) is 29.9 Å². The van der Waals surface area contributed by atoms with Gasteiger partial charge in [0, 0.05) is 30.5 Å². The van der Waals surface area contributed by atoms with Crippen LogP contribution < -0.4 is 5.32 Å². The molecular formula is C14H23N3. The fraction of sp³-hybridized carbons (Fsp3) is 0.643. The van der Waals surface area contributed by atoms with Gasteiger partial charge in [-0.3, -0.25) is 0 Å². The summed E-state index contributed by atoms with van der Waals surface area (Å²) in [7, 11) is 0. The van der Waals surface area contributed by atoms with Crippen LogP contribution in [0.5, 0.6) is 0 Å². The molecule has 1 aliphatic rings. The molecule has 0 aromatic carbocycles. The molecule has 0 amide bonds. The van der Waals surface area contributed by atoms with Gasteiger partial charge in [-0.2, -0.15) is 5.10 Å². The second kappa shape index (κ2) is 6.01. The Balaban J connectivity index is 1.78. The highest BCUT2D eigenvalue weighted by molar-refractivity contribution is 5.17. The number of hydrogen-bond donors (Lipinski definition) is 1. The summed E-state index contributed by atoms with van der Waals surface area (Å²) in [6.07, 6.45) is 12.7. The van der Waals surface area contributed by atoms with Crippen molar-refractivity contribution in [2.75, 3.05) is 0 Å². The largest absolute Gasteiger partial charge is 0.310 e. The summed E-state index contributed by atoms with van der Waals surface area (Å²) >= 11 is 0. The number of nitrogens with zero attached hydrogens (tertiary/aromatic N) is 2. The monoisotopic (exact) mass is 233 g/mol. The van der Waals surface area contributed by atoms with Gasteiger partial charge in [0.2, 0.25) is 0 Å². The van der Waals surface area contributed by atoms with E-state index in [2.05, 4.69) is 23.9 Å². The highest BCUT2D eigenvalue weighted by Gasteiger charge is 2.19. The maximum absolute atomic E-state index is 4.18. The normalized spacial score (nSPS) is 19.1. The fourth-order valence-electron chi connectivity index (χ4n) is 2.65. The molecule has 0 radical (unpaired) electrons. The molecule has 0 aliphatic heterocycles. The van der Waals surface area contributed by atoms with Crippen molar-refractivity contribution < 1.29 is 0 Å². The van der Waals surface area contributed by atoms with Crippen LogP contribution in [-0.2, 0) is 6.54 Å². The average molecular weight is 233 g/mol. The maximum Gasteiger partial charge on any atom is 0.0538 e. The van der Waals surface area contributed by atoms with Crippen LogP contribution >= 0.6 is 0 Å². The number of nitrogens with one attached hydrogen (secondary N) is 1. The first kappa shape index (κ1) is 12.4. The van der Waals surface area contributed by atoms with Crippen LogP contribution in [0, 0.1) is 5.92 Å². The molecule has 0 spiro atoms. The zero-order valence-corrected chi connectivity index (χ0v) is 10.7. The van der Waals surface area contributed by atoms with Crippen LogP contribution in [0.3, 0.4) is 0 Å². The average Bonchev–Trinajstić information content (AvgIpc) is 2.85. The van der Waals surface area contributed by atoms with Crippen LogP contribution in [0.1, 0.15) is 44.6 Å². The van der Waals surface area contributed by atoms with Gasteiger partial charge < -0.3 is 5.32 Å². The Morgan fingerprint density at radius 1 is 1.53 bits per heavy atom. The highest BCUT2D eigenvalue weighted by atomic mass is 15.2. The van der Waals surface area contributed by atoms with Gasteiger partial charge in [0.25, 0.3) is 0 Å². The first-order valence-electron chi connectivity index (χ1n) is 6.68. The quantitative estimate of drug-likeness (QED) is 0.847. The third-order valence-corrected chi connectivity index (χ3v) is 3.83. The summed E-state index contributed by atoms with van der Waals surface area (Å²) in [5, 5.41) is 7.80. The third kappa shape index (κ3) is 3.43. The third-order valence-electron chi connectivity index (χ3n) is 3.83. The van der Waals surface area contributed by atoms with E-state index in [9.17, 15) is 0 Å². The Kier molecular flexibility index (Phi) is 4.37. The van der Waals surface area contributed by atoms with E-state index in [-0.39, 0.29) is 0 Å². The minimum absolute atomic E-state index is 0.613. The van der Waals surface area contributed by atoms with E-state index in [0.29, 0.717) is 6.04 Å². The van der Waals surface area contributed by atoms with Crippen molar-refractivity contribution in [1.82, 2.24) is 15.1 Å². The smallest absolute Gasteiger partial charge is 0.0538 e. The van der Waals surface area contributed by atoms with Crippen molar-refractivity contribution in [2.24, 2.45) is 5.92 Å². The lowest BCUT2D eigenvalue weighted by molar-refractivity contribution is 0.280. The lowest BCUT2D eigenvalue weighted by atomic mass is 9.84. The van der Waals surface area contributed by atoms with Crippen LogP contribution in [0.2, 0.25) is 0 Å². The van der Waals surface area contributed by atoms with Gasteiger partial charge in [-0.25, -0.2) is 4.68 Å². The molecule has 17 heavy (non-hydrogen) atoms. The van der Waals surface area contributed by atoms with Gasteiger partial charge in [-0.05, 0) is 25.7 Å². The Bertz CT molecular complexity index is 350. The molecule has 1 atom stereocenters. The van der Waals surface area contributed by atoms with Gasteiger partial charge in [0.15, 0.2) is 0 Å². The molecule has 1 fully saturated rings. The second-order valence-electron chi connectivity index (χ2n) is 5.08. The molecule has 3 nitrogen and oxygen atoms in total. The van der Waals surface area contributed by atoms with Crippen molar-refractivity contribution in [3.63, 3.8) is 0 Å². The Labute approximate surface area is 104 Å². The maximum atomic E-state index is 4.18. The van der Waals surface area contributed by atoms with E-state index < -0.39 is 0 Å². The fourth-order valence-corrected chi connectivity index (χ4v) is 2.65. The standard InChI is InChI=1S/C14H23N3/c1-3-17-11-13(10-16-17)9-15-12(2)14-7-5-4-6-8-14/h3,10-12,14-15H,1,4-9H2,2H3. The van der Waals surface area contributed by atoms with Gasteiger partial charge in [0.1, 0.15) is 0 Å². The SMILES string of the molecule is C=Cn1cc(CNC(C)C2CCCCC2)cn1. The Morgan fingerprint density at radius 2 is 2.29 bits per heavy atom. The van der Waals surface area contributed by atoms with E-state index in [4.69, 9.17) is 0 Å². The number of hydrogen-bond acceptors (Lipinski definition) is 2. The van der Waals surface area contributed by atoms with E-state index >= 15 is 0 Å². The Morgan fingerprint density at radius 3 is 2.94 bits per heavy atom. The Hall–Kier alpha value is -1.09. The van der Waals surface area contributed by atoms with Crippen LogP contribution in [-0.4, -0.2) is 15.8 Å². The van der Waals surface area contributed by atoms with Gasteiger partial charge in [0.05, 0.1) is 6.20 Å². The van der Waals surface area contributed by atoms with Gasteiger partial charge in [-0.15, -0.1) is 0 Å². The number of rotatable bonds is 5. The number of aromatic nitrogens is 2. The summed E-state index contributed by atoms with van der Waals surface area (Å²) in [6.45, 7) is 6.91. The molecule has 1 aliphatic carbocycles. The summed E-state index contributed by atoms with van der Waals surface area (Å²) in [5.74, 6) is 0.859. The van der Waals surface area contributed by atoms with Crippen LogP contribution in [0.15, 0.2) is 19.0 Å².